The maximum Gasteiger partial charge on any atom is 0.414 e. The summed E-state index contributed by atoms with van der Waals surface area (Å²) in [5.74, 6) is 1.60. The number of hydrogen-bond acceptors (Lipinski definition) is 7. The second kappa shape index (κ2) is 9.57. The minimum absolute atomic E-state index is 0.0579. The van der Waals surface area contributed by atoms with Crippen LogP contribution in [0.15, 0.2) is 42.0 Å². The Hall–Kier alpha value is -3.24. The highest BCUT2D eigenvalue weighted by atomic mass is 32.1. The molecule has 8 nitrogen and oxygen atoms in total. The van der Waals surface area contributed by atoms with Crippen LogP contribution in [0.5, 0.6) is 5.88 Å². The molecule has 4 atom stereocenters. The van der Waals surface area contributed by atoms with Gasteiger partial charge in [-0.3, -0.25) is 9.20 Å². The van der Waals surface area contributed by atoms with Gasteiger partial charge in [-0.2, -0.15) is 4.98 Å². The third-order valence-electron chi connectivity index (χ3n) is 7.51. The van der Waals surface area contributed by atoms with Gasteiger partial charge in [-0.05, 0) is 50.0 Å². The standard InChI is InChI=1S/C27H29N5O3S2/c1-15-5-4-6-18(9-15)24-23(29-17(3)37-24)25(33)32-13-19-10-16(2)11-20(19)21(32)12-28-27(34)35-22-14-31-7-8-36-26(31)30-22/h4-9,14,16,19-21H,10-13H2,1-3H3,(H,28,34)/t16?,19-,20-,21+/m0/s1. The lowest BCUT2D eigenvalue weighted by Gasteiger charge is -2.28. The summed E-state index contributed by atoms with van der Waals surface area (Å²) >= 11 is 3.03. The number of carbonyl (C=O) groups is 2. The molecule has 1 N–H and O–H groups in total. The molecule has 0 radical (unpaired) electrons. The molecule has 4 heterocycles. The van der Waals surface area contributed by atoms with Crippen LogP contribution in [0.1, 0.15) is 40.8 Å². The van der Waals surface area contributed by atoms with Crippen LogP contribution in [-0.2, 0) is 0 Å². The zero-order valence-corrected chi connectivity index (χ0v) is 22.6. The molecular formula is C27H29N5O3S2. The number of hydrogen-bond donors (Lipinski definition) is 1. The molecule has 192 valence electrons. The fourth-order valence-electron chi connectivity index (χ4n) is 6.00. The van der Waals surface area contributed by atoms with Gasteiger partial charge in [0.2, 0.25) is 5.88 Å². The fourth-order valence-corrected chi connectivity index (χ4v) is 7.60. The Morgan fingerprint density at radius 1 is 1.22 bits per heavy atom. The first-order valence-corrected chi connectivity index (χ1v) is 14.3. The predicted octanol–water partition coefficient (Wildman–Crippen LogP) is 5.41. The van der Waals surface area contributed by atoms with E-state index in [1.165, 1.54) is 11.3 Å². The third-order valence-corrected chi connectivity index (χ3v) is 9.30. The number of fused-ring (bicyclic) bond motifs is 2. The molecule has 37 heavy (non-hydrogen) atoms. The second-order valence-electron chi connectivity index (χ2n) is 10.2. The van der Waals surface area contributed by atoms with Gasteiger partial charge in [-0.1, -0.05) is 36.8 Å². The maximum atomic E-state index is 14.0. The highest BCUT2D eigenvalue weighted by molar-refractivity contribution is 7.15. The molecule has 1 unspecified atom stereocenters. The molecule has 1 aromatic carbocycles. The Bertz CT molecular complexity index is 1450. The van der Waals surface area contributed by atoms with Crippen LogP contribution in [0.3, 0.4) is 0 Å². The van der Waals surface area contributed by atoms with Crippen LogP contribution in [0, 0.1) is 31.6 Å². The number of benzene rings is 1. The smallest absolute Gasteiger partial charge is 0.390 e. The molecule has 0 spiro atoms. The van der Waals surface area contributed by atoms with Crippen molar-refractivity contribution in [1.29, 1.82) is 0 Å². The molecule has 3 aromatic heterocycles. The number of likely N-dealkylation sites (tertiary alicyclic amines) is 1. The Morgan fingerprint density at radius 2 is 2.08 bits per heavy atom. The summed E-state index contributed by atoms with van der Waals surface area (Å²) in [6.45, 7) is 7.29. The summed E-state index contributed by atoms with van der Waals surface area (Å²) in [6, 6.07) is 8.09. The van der Waals surface area contributed by atoms with Crippen molar-refractivity contribution < 1.29 is 14.3 Å². The zero-order valence-electron chi connectivity index (χ0n) is 21.0. The van der Waals surface area contributed by atoms with Crippen molar-refractivity contribution in [3.63, 3.8) is 0 Å². The van der Waals surface area contributed by atoms with Gasteiger partial charge >= 0.3 is 6.09 Å². The van der Waals surface area contributed by atoms with E-state index >= 15 is 0 Å². The van der Waals surface area contributed by atoms with Gasteiger partial charge in [0.15, 0.2) is 4.96 Å². The monoisotopic (exact) mass is 535 g/mol. The van der Waals surface area contributed by atoms with Crippen LogP contribution >= 0.6 is 22.7 Å². The first-order chi connectivity index (χ1) is 17.9. The number of nitrogens with zero attached hydrogens (tertiary/aromatic N) is 4. The SMILES string of the molecule is Cc1cccc(-c2sc(C)nc2C(=O)N2C[C@@H]3CC(C)C[C@@H]3[C@H]2CNC(=O)Oc2cn3ccsc3n2)c1. The van der Waals surface area contributed by atoms with Gasteiger partial charge in [0.1, 0.15) is 5.69 Å². The lowest BCUT2D eigenvalue weighted by molar-refractivity contribution is 0.0702. The summed E-state index contributed by atoms with van der Waals surface area (Å²) in [5.41, 5.74) is 2.66. The van der Waals surface area contributed by atoms with Gasteiger partial charge in [0.05, 0.1) is 22.1 Å². The van der Waals surface area contributed by atoms with Crippen LogP contribution in [0.25, 0.3) is 15.4 Å². The highest BCUT2D eigenvalue weighted by Crippen LogP contribution is 2.46. The minimum Gasteiger partial charge on any atom is -0.390 e. The van der Waals surface area contributed by atoms with Crippen LogP contribution in [0.4, 0.5) is 4.79 Å². The average Bonchev–Trinajstić information content (AvgIpc) is 3.64. The van der Waals surface area contributed by atoms with E-state index in [1.54, 1.807) is 17.5 Å². The van der Waals surface area contributed by atoms with Crippen molar-refractivity contribution in [3.05, 3.63) is 58.3 Å². The first-order valence-electron chi connectivity index (χ1n) is 12.6. The van der Waals surface area contributed by atoms with Crippen LogP contribution < -0.4 is 10.1 Å². The largest absolute Gasteiger partial charge is 0.414 e. The average molecular weight is 536 g/mol. The molecule has 1 saturated carbocycles. The van der Waals surface area contributed by atoms with Crippen LogP contribution in [0.2, 0.25) is 0 Å². The number of imidazole rings is 1. The number of aryl methyl sites for hydroxylation is 2. The molecule has 0 bridgehead atoms. The van der Waals surface area contributed by atoms with Crippen molar-refractivity contribution in [1.82, 2.24) is 24.6 Å². The third kappa shape index (κ3) is 4.64. The highest BCUT2D eigenvalue weighted by Gasteiger charge is 2.48. The Kier molecular flexibility index (Phi) is 6.24. The lowest BCUT2D eigenvalue weighted by Crippen LogP contribution is -2.46. The number of carbonyl (C=O) groups excluding carboxylic acids is 2. The number of thiazole rings is 2. The molecule has 1 saturated heterocycles. The molecule has 6 rings (SSSR count). The molecule has 4 aromatic rings. The summed E-state index contributed by atoms with van der Waals surface area (Å²) < 4.78 is 7.25. The Labute approximate surface area is 223 Å². The minimum atomic E-state index is -0.558. The Morgan fingerprint density at radius 3 is 2.89 bits per heavy atom. The summed E-state index contributed by atoms with van der Waals surface area (Å²) in [6.07, 6.45) is 5.14. The van der Waals surface area contributed by atoms with Crippen molar-refractivity contribution in [2.24, 2.45) is 17.8 Å². The quantitative estimate of drug-likeness (QED) is 0.369. The number of nitrogens with one attached hydrogen (secondary N) is 1. The van der Waals surface area contributed by atoms with E-state index in [2.05, 4.69) is 41.3 Å². The first kappa shape index (κ1) is 24.1. The van der Waals surface area contributed by atoms with Gasteiger partial charge in [0, 0.05) is 24.7 Å². The summed E-state index contributed by atoms with van der Waals surface area (Å²) in [7, 11) is 0. The molecule has 1 aliphatic carbocycles. The molecule has 10 heteroatoms. The van der Waals surface area contributed by atoms with Gasteiger partial charge in [-0.25, -0.2) is 9.78 Å². The van der Waals surface area contributed by atoms with Gasteiger partial charge < -0.3 is 15.0 Å². The number of ether oxygens (including phenoxy) is 1. The molecular weight excluding hydrogens is 506 g/mol. The van der Waals surface area contributed by atoms with E-state index in [1.807, 2.05) is 39.9 Å². The second-order valence-corrected chi connectivity index (χ2v) is 12.3. The summed E-state index contributed by atoms with van der Waals surface area (Å²) in [5, 5.41) is 5.70. The number of amides is 2. The Balaban J connectivity index is 1.22. The zero-order chi connectivity index (χ0) is 25.7. The van der Waals surface area contributed by atoms with E-state index in [4.69, 9.17) is 4.74 Å². The number of rotatable bonds is 5. The van der Waals surface area contributed by atoms with E-state index in [-0.39, 0.29) is 17.8 Å². The van der Waals surface area contributed by atoms with Crippen LogP contribution in [-0.4, -0.2) is 50.4 Å². The van der Waals surface area contributed by atoms with Gasteiger partial charge in [-0.15, -0.1) is 22.7 Å². The van der Waals surface area contributed by atoms with E-state index in [0.717, 1.165) is 38.8 Å². The van der Waals surface area contributed by atoms with E-state index in [9.17, 15) is 9.59 Å². The van der Waals surface area contributed by atoms with Crippen molar-refractivity contribution in [2.75, 3.05) is 13.1 Å². The molecule has 2 fully saturated rings. The van der Waals surface area contributed by atoms with Gasteiger partial charge in [0.25, 0.3) is 5.91 Å². The van der Waals surface area contributed by atoms with Crippen molar-refractivity contribution in [3.8, 4) is 16.3 Å². The molecule has 1 aliphatic heterocycles. The topological polar surface area (TPSA) is 88.8 Å². The van der Waals surface area contributed by atoms with E-state index < -0.39 is 6.09 Å². The summed E-state index contributed by atoms with van der Waals surface area (Å²) in [4.78, 5) is 39.2. The molecule has 2 aliphatic rings. The predicted molar refractivity (Wildman–Crippen MR) is 144 cm³/mol. The lowest BCUT2D eigenvalue weighted by atomic mass is 9.93. The van der Waals surface area contributed by atoms with Crippen molar-refractivity contribution >= 4 is 39.6 Å². The van der Waals surface area contributed by atoms with E-state index in [0.29, 0.717) is 36.5 Å². The van der Waals surface area contributed by atoms with Crippen molar-refractivity contribution in [2.45, 2.75) is 39.7 Å². The fraction of sp³-hybridized carbons (Fsp3) is 0.407. The molecule has 2 amide bonds. The number of aromatic nitrogens is 3. The maximum absolute atomic E-state index is 14.0. The normalized spacial score (nSPS) is 22.9.